The molecule has 0 bridgehead atoms. The van der Waals surface area contributed by atoms with Gasteiger partial charge >= 0.3 is 0 Å². The van der Waals surface area contributed by atoms with E-state index in [1.54, 1.807) is 24.4 Å². The summed E-state index contributed by atoms with van der Waals surface area (Å²) in [5, 5.41) is 3.29. The van der Waals surface area contributed by atoms with Crippen molar-refractivity contribution in [2.24, 2.45) is 0 Å². The van der Waals surface area contributed by atoms with Crippen LogP contribution in [0.4, 0.5) is 0 Å². The maximum atomic E-state index is 10.8. The van der Waals surface area contributed by atoms with Crippen LogP contribution in [0.25, 0.3) is 5.65 Å². The standard InChI is InChI=1S/C6H4ClN3O2S/c7-13(11,12)6-8-5-3-1-2-4-10(5)9-6/h1-4H. The topological polar surface area (TPSA) is 64.3 Å². The van der Waals surface area contributed by atoms with Gasteiger partial charge in [0.05, 0.1) is 0 Å². The van der Waals surface area contributed by atoms with Crippen LogP contribution in [0.15, 0.2) is 29.6 Å². The molecule has 0 N–H and O–H groups in total. The van der Waals surface area contributed by atoms with Crippen molar-refractivity contribution < 1.29 is 8.42 Å². The third kappa shape index (κ3) is 1.50. The molecule has 0 spiro atoms. The molecule has 0 saturated carbocycles. The highest BCUT2D eigenvalue weighted by molar-refractivity contribution is 8.13. The molecule has 0 unspecified atom stereocenters. The molecule has 2 aromatic heterocycles. The smallest absolute Gasteiger partial charge is 0.220 e. The van der Waals surface area contributed by atoms with Gasteiger partial charge in [0, 0.05) is 16.9 Å². The zero-order valence-corrected chi connectivity index (χ0v) is 7.83. The van der Waals surface area contributed by atoms with Gasteiger partial charge in [-0.3, -0.25) is 0 Å². The molecule has 0 aliphatic carbocycles. The summed E-state index contributed by atoms with van der Waals surface area (Å²) < 4.78 is 23.0. The van der Waals surface area contributed by atoms with Crippen molar-refractivity contribution in [1.29, 1.82) is 0 Å². The second kappa shape index (κ2) is 2.68. The van der Waals surface area contributed by atoms with Crippen LogP contribution >= 0.6 is 10.7 Å². The molecular weight excluding hydrogens is 214 g/mol. The molecule has 2 aromatic rings. The van der Waals surface area contributed by atoms with E-state index < -0.39 is 9.05 Å². The van der Waals surface area contributed by atoms with E-state index in [0.29, 0.717) is 5.65 Å². The third-order valence-electron chi connectivity index (χ3n) is 1.44. The normalized spacial score (nSPS) is 12.1. The van der Waals surface area contributed by atoms with Crippen molar-refractivity contribution in [2.45, 2.75) is 5.16 Å². The van der Waals surface area contributed by atoms with E-state index in [4.69, 9.17) is 10.7 Å². The minimum Gasteiger partial charge on any atom is -0.220 e. The van der Waals surface area contributed by atoms with E-state index in [0.717, 1.165) is 0 Å². The summed E-state index contributed by atoms with van der Waals surface area (Å²) in [4.78, 5) is 3.72. The van der Waals surface area contributed by atoms with E-state index in [-0.39, 0.29) is 5.16 Å². The van der Waals surface area contributed by atoms with Gasteiger partial charge in [-0.1, -0.05) is 6.07 Å². The van der Waals surface area contributed by atoms with Gasteiger partial charge in [0.25, 0.3) is 14.2 Å². The second-order valence-electron chi connectivity index (χ2n) is 2.34. The summed E-state index contributed by atoms with van der Waals surface area (Å²) in [5.74, 6) is 0. The molecule has 0 aliphatic rings. The van der Waals surface area contributed by atoms with Crippen molar-refractivity contribution in [3.05, 3.63) is 24.4 Å². The Morgan fingerprint density at radius 2 is 2.15 bits per heavy atom. The van der Waals surface area contributed by atoms with Gasteiger partial charge in [0.2, 0.25) is 0 Å². The predicted molar refractivity (Wildman–Crippen MR) is 46.0 cm³/mol. The van der Waals surface area contributed by atoms with E-state index in [1.807, 2.05) is 0 Å². The average Bonchev–Trinajstić information content (AvgIpc) is 2.45. The first kappa shape index (κ1) is 8.46. The number of pyridine rings is 1. The maximum Gasteiger partial charge on any atom is 0.298 e. The van der Waals surface area contributed by atoms with Crippen molar-refractivity contribution in [1.82, 2.24) is 14.6 Å². The van der Waals surface area contributed by atoms with E-state index in [9.17, 15) is 8.42 Å². The van der Waals surface area contributed by atoms with Gasteiger partial charge in [-0.25, -0.2) is 12.9 Å². The second-order valence-corrected chi connectivity index (χ2v) is 4.80. The Balaban J connectivity index is 2.77. The Morgan fingerprint density at radius 3 is 2.77 bits per heavy atom. The number of halogens is 1. The van der Waals surface area contributed by atoms with Gasteiger partial charge in [-0.05, 0) is 12.1 Å². The molecule has 5 nitrogen and oxygen atoms in total. The first-order valence-electron chi connectivity index (χ1n) is 3.33. The zero-order chi connectivity index (χ0) is 9.47. The van der Waals surface area contributed by atoms with Gasteiger partial charge in [0.1, 0.15) is 0 Å². The molecule has 0 aliphatic heterocycles. The third-order valence-corrected chi connectivity index (χ3v) is 2.46. The highest BCUT2D eigenvalue weighted by Crippen LogP contribution is 2.10. The number of hydrogen-bond donors (Lipinski definition) is 0. The summed E-state index contributed by atoms with van der Waals surface area (Å²) in [6, 6.07) is 5.08. The summed E-state index contributed by atoms with van der Waals surface area (Å²) in [6.07, 6.45) is 1.59. The lowest BCUT2D eigenvalue weighted by Gasteiger charge is -1.84. The van der Waals surface area contributed by atoms with Crippen LogP contribution in [0.5, 0.6) is 0 Å². The fraction of sp³-hybridized carbons (Fsp3) is 0. The molecule has 13 heavy (non-hydrogen) atoms. The predicted octanol–water partition coefficient (Wildman–Crippen LogP) is 0.657. The minimum absolute atomic E-state index is 0.375. The molecule has 68 valence electrons. The number of aromatic nitrogens is 3. The Hall–Kier alpha value is -1.14. The van der Waals surface area contributed by atoms with Crippen LogP contribution in [-0.4, -0.2) is 23.0 Å². The Labute approximate surface area is 78.4 Å². The van der Waals surface area contributed by atoms with E-state index in [1.165, 1.54) is 4.52 Å². The highest BCUT2D eigenvalue weighted by Gasteiger charge is 2.16. The first-order valence-corrected chi connectivity index (χ1v) is 5.64. The fourth-order valence-electron chi connectivity index (χ4n) is 0.914. The monoisotopic (exact) mass is 217 g/mol. The molecule has 0 atom stereocenters. The van der Waals surface area contributed by atoms with Crippen molar-refractivity contribution in [2.75, 3.05) is 0 Å². The molecule has 2 rings (SSSR count). The molecule has 7 heteroatoms. The largest absolute Gasteiger partial charge is 0.298 e. The summed E-state index contributed by atoms with van der Waals surface area (Å²) in [6.45, 7) is 0. The van der Waals surface area contributed by atoms with Crippen molar-refractivity contribution >= 4 is 25.4 Å². The Kier molecular flexibility index (Phi) is 1.74. The van der Waals surface area contributed by atoms with Crippen LogP contribution < -0.4 is 0 Å². The van der Waals surface area contributed by atoms with E-state index in [2.05, 4.69) is 10.1 Å². The molecular formula is C6H4ClN3O2S. The highest BCUT2D eigenvalue weighted by atomic mass is 35.7. The summed E-state index contributed by atoms with van der Waals surface area (Å²) in [5.41, 5.74) is 0.446. The molecule has 0 fully saturated rings. The SMILES string of the molecule is O=S(=O)(Cl)c1nc2ccccn2n1. The zero-order valence-electron chi connectivity index (χ0n) is 6.25. The first-order chi connectivity index (χ1) is 6.07. The lowest BCUT2D eigenvalue weighted by atomic mass is 10.5. The quantitative estimate of drug-likeness (QED) is 0.659. The van der Waals surface area contributed by atoms with Crippen LogP contribution in [0, 0.1) is 0 Å². The maximum absolute atomic E-state index is 10.8. The molecule has 0 amide bonds. The lowest BCUT2D eigenvalue weighted by Crippen LogP contribution is -1.93. The summed E-state index contributed by atoms with van der Waals surface area (Å²) >= 11 is 0. The number of nitrogens with zero attached hydrogens (tertiary/aromatic N) is 3. The van der Waals surface area contributed by atoms with Crippen LogP contribution in [0.1, 0.15) is 0 Å². The Morgan fingerprint density at radius 1 is 1.38 bits per heavy atom. The molecule has 0 aromatic carbocycles. The lowest BCUT2D eigenvalue weighted by molar-refractivity contribution is 0.601. The van der Waals surface area contributed by atoms with Crippen LogP contribution in [0.2, 0.25) is 0 Å². The molecule has 0 radical (unpaired) electrons. The van der Waals surface area contributed by atoms with Crippen LogP contribution in [-0.2, 0) is 9.05 Å². The average molecular weight is 218 g/mol. The molecule has 0 saturated heterocycles. The number of hydrogen-bond acceptors (Lipinski definition) is 4. The number of fused-ring (bicyclic) bond motifs is 1. The van der Waals surface area contributed by atoms with Gasteiger partial charge < -0.3 is 0 Å². The van der Waals surface area contributed by atoms with Crippen molar-refractivity contribution in [3.63, 3.8) is 0 Å². The molecule has 2 heterocycles. The fourth-order valence-corrected chi connectivity index (χ4v) is 1.50. The van der Waals surface area contributed by atoms with Gasteiger partial charge in [0.15, 0.2) is 5.65 Å². The van der Waals surface area contributed by atoms with E-state index >= 15 is 0 Å². The summed E-state index contributed by atoms with van der Waals surface area (Å²) in [7, 11) is 1.23. The van der Waals surface area contributed by atoms with Crippen LogP contribution in [0.3, 0.4) is 0 Å². The van der Waals surface area contributed by atoms with Gasteiger partial charge in [-0.2, -0.15) is 4.98 Å². The number of rotatable bonds is 1. The van der Waals surface area contributed by atoms with Crippen molar-refractivity contribution in [3.8, 4) is 0 Å². The van der Waals surface area contributed by atoms with Gasteiger partial charge in [-0.15, -0.1) is 5.10 Å². The minimum atomic E-state index is -3.84. The Bertz CT molecular complexity index is 515.